The summed E-state index contributed by atoms with van der Waals surface area (Å²) in [6.07, 6.45) is 1.77. The maximum absolute atomic E-state index is 12.4. The number of aryl methyl sites for hydroxylation is 1. The molecule has 6 heteroatoms. The topological polar surface area (TPSA) is 70.5 Å². The van der Waals surface area contributed by atoms with Crippen LogP contribution in [0.1, 0.15) is 16.9 Å². The molecule has 0 saturated carbocycles. The molecule has 0 radical (unpaired) electrons. The molecule has 0 aliphatic carbocycles. The maximum Gasteiger partial charge on any atom is 0.305 e. The lowest BCUT2D eigenvalue weighted by Crippen LogP contribution is -2.34. The molecule has 2 aromatic heterocycles. The Bertz CT molecular complexity index is 626. The molecule has 0 spiro atoms. The predicted molar refractivity (Wildman–Crippen MR) is 81.6 cm³/mol. The van der Waals surface area contributed by atoms with Gasteiger partial charge in [0.25, 0.3) is 0 Å². The van der Waals surface area contributed by atoms with Gasteiger partial charge < -0.3 is 5.11 Å². The van der Waals surface area contributed by atoms with E-state index < -0.39 is 5.97 Å². The van der Waals surface area contributed by atoms with E-state index >= 15 is 0 Å². The fourth-order valence-electron chi connectivity index (χ4n) is 1.90. The molecule has 5 nitrogen and oxygen atoms in total. The van der Waals surface area contributed by atoms with Crippen molar-refractivity contribution in [1.82, 2.24) is 4.98 Å². The third kappa shape index (κ3) is 4.39. The number of carboxylic acids is 1. The van der Waals surface area contributed by atoms with Crippen molar-refractivity contribution >= 4 is 29.0 Å². The minimum atomic E-state index is -0.934. The smallest absolute Gasteiger partial charge is 0.305 e. The number of hydrogen-bond acceptors (Lipinski definition) is 4. The average Bonchev–Trinajstić information content (AvgIpc) is 2.91. The molecule has 0 unspecified atom stereocenters. The number of hydrogen-bond donors (Lipinski definition) is 1. The maximum atomic E-state index is 12.4. The van der Waals surface area contributed by atoms with Crippen molar-refractivity contribution in [2.75, 3.05) is 11.4 Å². The highest BCUT2D eigenvalue weighted by Gasteiger charge is 2.18. The number of rotatable bonds is 6. The van der Waals surface area contributed by atoms with Crippen molar-refractivity contribution in [3.8, 4) is 0 Å². The Labute approximate surface area is 126 Å². The van der Waals surface area contributed by atoms with Gasteiger partial charge in [-0.25, -0.2) is 4.98 Å². The molecule has 2 heterocycles. The highest BCUT2D eigenvalue weighted by atomic mass is 32.1. The van der Waals surface area contributed by atoms with Crippen LogP contribution in [0.3, 0.4) is 0 Å². The number of aromatic nitrogens is 1. The summed E-state index contributed by atoms with van der Waals surface area (Å²) in [6, 6.07) is 7.40. The van der Waals surface area contributed by atoms with Crippen molar-refractivity contribution in [2.45, 2.75) is 19.8 Å². The first-order valence-corrected chi connectivity index (χ1v) is 7.41. The molecule has 1 amide bonds. The molecular weight excluding hydrogens is 288 g/mol. The number of anilines is 1. The highest BCUT2D eigenvalue weighted by Crippen LogP contribution is 2.17. The number of carboxylic acid groups (broad SMARTS) is 1. The predicted octanol–water partition coefficient (Wildman–Crippen LogP) is 2.50. The van der Waals surface area contributed by atoms with Crippen LogP contribution in [0, 0.1) is 6.92 Å². The van der Waals surface area contributed by atoms with Crippen LogP contribution >= 0.6 is 11.3 Å². The number of carbonyl (C=O) groups is 2. The number of nitrogens with zero attached hydrogens (tertiary/aromatic N) is 2. The van der Waals surface area contributed by atoms with Crippen LogP contribution in [-0.2, 0) is 16.0 Å². The van der Waals surface area contributed by atoms with E-state index in [0.29, 0.717) is 5.82 Å². The third-order valence-corrected chi connectivity index (χ3v) is 3.81. The van der Waals surface area contributed by atoms with Crippen molar-refractivity contribution < 1.29 is 14.7 Å². The fraction of sp³-hybridized carbons (Fsp3) is 0.267. The molecule has 110 valence electrons. The van der Waals surface area contributed by atoms with Gasteiger partial charge in [-0.2, -0.15) is 0 Å². The lowest BCUT2D eigenvalue weighted by Gasteiger charge is -2.21. The molecule has 2 aromatic rings. The minimum absolute atomic E-state index is 0.105. The molecular formula is C15H16N2O3S. The Morgan fingerprint density at radius 3 is 2.81 bits per heavy atom. The standard InChI is InChI=1S/C15H16N2O3S/c1-11-4-6-16-13(9-11)17(7-5-15(19)20)14(18)10-12-3-2-8-21-12/h2-4,6,8-9H,5,7,10H2,1H3,(H,19,20). The normalized spacial score (nSPS) is 10.3. The number of aliphatic carboxylic acids is 1. The first-order valence-electron chi connectivity index (χ1n) is 6.53. The van der Waals surface area contributed by atoms with Gasteiger partial charge in [-0.05, 0) is 36.1 Å². The Kier molecular flexibility index (Phi) is 5.05. The van der Waals surface area contributed by atoms with Crippen LogP contribution in [0.2, 0.25) is 0 Å². The zero-order valence-corrected chi connectivity index (χ0v) is 12.5. The van der Waals surface area contributed by atoms with E-state index in [1.165, 1.54) is 16.2 Å². The first kappa shape index (κ1) is 15.2. The Morgan fingerprint density at radius 1 is 1.38 bits per heavy atom. The van der Waals surface area contributed by atoms with Gasteiger partial charge in [-0.15, -0.1) is 11.3 Å². The summed E-state index contributed by atoms with van der Waals surface area (Å²) >= 11 is 1.51. The van der Waals surface area contributed by atoms with Gasteiger partial charge >= 0.3 is 5.97 Å². The van der Waals surface area contributed by atoms with Gasteiger partial charge in [0.05, 0.1) is 12.8 Å². The Hall–Kier alpha value is -2.21. The summed E-state index contributed by atoms with van der Waals surface area (Å²) in [6.45, 7) is 2.03. The molecule has 0 aliphatic rings. The number of pyridine rings is 1. The Balaban J connectivity index is 2.18. The molecule has 21 heavy (non-hydrogen) atoms. The SMILES string of the molecule is Cc1ccnc(N(CCC(=O)O)C(=O)Cc2cccs2)c1. The Morgan fingerprint density at radius 2 is 2.19 bits per heavy atom. The minimum Gasteiger partial charge on any atom is -0.481 e. The monoisotopic (exact) mass is 304 g/mol. The summed E-state index contributed by atoms with van der Waals surface area (Å²) in [5, 5.41) is 10.8. The van der Waals surface area contributed by atoms with Crippen LogP contribution in [0.4, 0.5) is 5.82 Å². The molecule has 0 atom stereocenters. The van der Waals surface area contributed by atoms with E-state index in [1.807, 2.05) is 30.5 Å². The summed E-state index contributed by atoms with van der Waals surface area (Å²) in [5.74, 6) is -0.578. The molecule has 0 fully saturated rings. The molecule has 0 aromatic carbocycles. The second-order valence-electron chi connectivity index (χ2n) is 4.64. The van der Waals surface area contributed by atoms with Crippen molar-refractivity contribution in [3.05, 3.63) is 46.3 Å². The van der Waals surface area contributed by atoms with Gasteiger partial charge in [0.1, 0.15) is 5.82 Å². The van der Waals surface area contributed by atoms with E-state index in [4.69, 9.17) is 5.11 Å². The van der Waals surface area contributed by atoms with Crippen molar-refractivity contribution in [3.63, 3.8) is 0 Å². The molecule has 1 N–H and O–H groups in total. The molecule has 2 rings (SSSR count). The quantitative estimate of drug-likeness (QED) is 0.890. The van der Waals surface area contributed by atoms with Gasteiger partial charge in [-0.1, -0.05) is 6.07 Å². The van der Waals surface area contributed by atoms with Crippen LogP contribution in [0.5, 0.6) is 0 Å². The van der Waals surface area contributed by atoms with Crippen molar-refractivity contribution in [1.29, 1.82) is 0 Å². The lowest BCUT2D eigenvalue weighted by atomic mass is 10.2. The van der Waals surface area contributed by atoms with E-state index in [9.17, 15) is 9.59 Å². The number of thiophene rings is 1. The largest absolute Gasteiger partial charge is 0.481 e. The van der Waals surface area contributed by atoms with E-state index in [2.05, 4.69) is 4.98 Å². The number of amides is 1. The molecule has 0 bridgehead atoms. The molecule has 0 saturated heterocycles. The summed E-state index contributed by atoms with van der Waals surface area (Å²) < 4.78 is 0. The lowest BCUT2D eigenvalue weighted by molar-refractivity contribution is -0.136. The van der Waals surface area contributed by atoms with Gasteiger partial charge in [0.2, 0.25) is 5.91 Å². The zero-order chi connectivity index (χ0) is 15.2. The van der Waals surface area contributed by atoms with Crippen molar-refractivity contribution in [2.24, 2.45) is 0 Å². The van der Waals surface area contributed by atoms with Crippen LogP contribution in [0.25, 0.3) is 0 Å². The van der Waals surface area contributed by atoms with E-state index in [-0.39, 0.29) is 25.3 Å². The second-order valence-corrected chi connectivity index (χ2v) is 5.67. The van der Waals surface area contributed by atoms with Crippen LogP contribution in [-0.4, -0.2) is 28.5 Å². The van der Waals surface area contributed by atoms with Gasteiger partial charge in [-0.3, -0.25) is 14.5 Å². The summed E-state index contributed by atoms with van der Waals surface area (Å²) in [5.41, 5.74) is 0.976. The zero-order valence-electron chi connectivity index (χ0n) is 11.7. The van der Waals surface area contributed by atoms with Crippen LogP contribution in [0.15, 0.2) is 35.8 Å². The van der Waals surface area contributed by atoms with E-state index in [1.54, 1.807) is 12.3 Å². The average molecular weight is 304 g/mol. The number of carbonyl (C=O) groups excluding carboxylic acids is 1. The summed E-state index contributed by atoms with van der Waals surface area (Å²) in [7, 11) is 0. The van der Waals surface area contributed by atoms with Gasteiger partial charge in [0.15, 0.2) is 0 Å². The molecule has 0 aliphatic heterocycles. The van der Waals surface area contributed by atoms with Gasteiger partial charge in [0, 0.05) is 17.6 Å². The van der Waals surface area contributed by atoms with Crippen LogP contribution < -0.4 is 4.90 Å². The van der Waals surface area contributed by atoms with E-state index in [0.717, 1.165) is 10.4 Å². The fourth-order valence-corrected chi connectivity index (χ4v) is 2.60. The first-order chi connectivity index (χ1) is 10.1. The second kappa shape index (κ2) is 6.99. The third-order valence-electron chi connectivity index (χ3n) is 2.93. The summed E-state index contributed by atoms with van der Waals surface area (Å²) in [4.78, 5) is 29.8. The highest BCUT2D eigenvalue weighted by molar-refractivity contribution is 7.10.